The van der Waals surface area contributed by atoms with Crippen molar-refractivity contribution in [1.82, 2.24) is 4.57 Å². The Labute approximate surface area is 96.4 Å². The SMILES string of the molecule is O=C1CCCc2c1ccn2C1(C(F)(F)F)CC1. The molecule has 0 N–H and O–H groups in total. The average Bonchev–Trinajstić information content (AvgIpc) is 2.94. The van der Waals surface area contributed by atoms with Gasteiger partial charge >= 0.3 is 6.18 Å². The lowest BCUT2D eigenvalue weighted by Gasteiger charge is -2.25. The van der Waals surface area contributed by atoms with Gasteiger partial charge in [0.15, 0.2) is 5.78 Å². The third-order valence-electron chi connectivity index (χ3n) is 3.82. The molecule has 2 aliphatic rings. The third-order valence-corrected chi connectivity index (χ3v) is 3.82. The number of carbonyl (C=O) groups is 1. The smallest absolute Gasteiger partial charge is 0.336 e. The molecular weight excluding hydrogens is 231 g/mol. The molecule has 0 amide bonds. The summed E-state index contributed by atoms with van der Waals surface area (Å²) >= 11 is 0. The fraction of sp³-hybridized carbons (Fsp3) is 0.583. The average molecular weight is 243 g/mol. The molecule has 5 heteroatoms. The quantitative estimate of drug-likeness (QED) is 0.743. The molecule has 1 aromatic rings. The Morgan fingerprint density at radius 3 is 2.53 bits per heavy atom. The number of rotatable bonds is 1. The summed E-state index contributed by atoms with van der Waals surface area (Å²) in [5, 5.41) is 0. The summed E-state index contributed by atoms with van der Waals surface area (Å²) in [5.74, 6) is -0.0250. The van der Waals surface area contributed by atoms with Gasteiger partial charge in [0.05, 0.1) is 0 Å². The molecule has 92 valence electrons. The number of aromatic nitrogens is 1. The van der Waals surface area contributed by atoms with Gasteiger partial charge in [0.25, 0.3) is 0 Å². The van der Waals surface area contributed by atoms with Gasteiger partial charge in [0, 0.05) is 23.9 Å². The van der Waals surface area contributed by atoms with Crippen LogP contribution in [0.4, 0.5) is 13.2 Å². The predicted octanol–water partition coefficient (Wildman–Crippen LogP) is 3.06. The Hall–Kier alpha value is -1.26. The molecule has 0 unspecified atom stereocenters. The lowest BCUT2D eigenvalue weighted by molar-refractivity contribution is -0.180. The van der Waals surface area contributed by atoms with E-state index in [4.69, 9.17) is 0 Å². The van der Waals surface area contributed by atoms with E-state index in [1.807, 2.05) is 0 Å². The Morgan fingerprint density at radius 2 is 1.94 bits per heavy atom. The maximum Gasteiger partial charge on any atom is 0.411 e. The summed E-state index contributed by atoms with van der Waals surface area (Å²) in [6.45, 7) is 0. The largest absolute Gasteiger partial charge is 0.411 e. The van der Waals surface area contributed by atoms with Gasteiger partial charge in [0.1, 0.15) is 5.54 Å². The van der Waals surface area contributed by atoms with Crippen LogP contribution in [-0.2, 0) is 12.0 Å². The second-order valence-electron chi connectivity index (χ2n) is 4.85. The topological polar surface area (TPSA) is 22.0 Å². The fourth-order valence-electron chi connectivity index (χ4n) is 2.71. The van der Waals surface area contributed by atoms with Crippen LogP contribution in [0.15, 0.2) is 12.3 Å². The first-order valence-corrected chi connectivity index (χ1v) is 5.76. The minimum absolute atomic E-state index is 0.0250. The zero-order valence-electron chi connectivity index (χ0n) is 9.18. The van der Waals surface area contributed by atoms with E-state index in [2.05, 4.69) is 0 Å². The van der Waals surface area contributed by atoms with Crippen molar-refractivity contribution in [3.05, 3.63) is 23.5 Å². The van der Waals surface area contributed by atoms with Crippen LogP contribution >= 0.6 is 0 Å². The summed E-state index contributed by atoms with van der Waals surface area (Å²) in [7, 11) is 0. The standard InChI is InChI=1S/C12H12F3NO/c13-12(14,15)11(5-6-11)16-7-4-8-9(16)2-1-3-10(8)17/h4,7H,1-3,5-6H2. The van der Waals surface area contributed by atoms with Crippen molar-refractivity contribution in [1.29, 1.82) is 0 Å². The van der Waals surface area contributed by atoms with Gasteiger partial charge in [-0.2, -0.15) is 13.2 Å². The number of Topliss-reactive ketones (excluding diaryl/α,β-unsaturated/α-hetero) is 1. The molecule has 0 atom stereocenters. The van der Waals surface area contributed by atoms with E-state index in [0.717, 1.165) is 0 Å². The van der Waals surface area contributed by atoms with E-state index in [9.17, 15) is 18.0 Å². The van der Waals surface area contributed by atoms with Gasteiger partial charge in [-0.3, -0.25) is 4.79 Å². The van der Waals surface area contributed by atoms with E-state index in [-0.39, 0.29) is 18.6 Å². The van der Waals surface area contributed by atoms with Crippen molar-refractivity contribution in [2.45, 2.75) is 43.8 Å². The zero-order valence-corrected chi connectivity index (χ0v) is 9.18. The van der Waals surface area contributed by atoms with Crippen molar-refractivity contribution >= 4 is 5.78 Å². The lowest BCUT2D eigenvalue weighted by atomic mass is 9.96. The number of hydrogen-bond acceptors (Lipinski definition) is 1. The molecule has 0 aromatic carbocycles. The van der Waals surface area contributed by atoms with Crippen LogP contribution in [0, 0.1) is 0 Å². The highest BCUT2D eigenvalue weighted by molar-refractivity contribution is 5.98. The van der Waals surface area contributed by atoms with E-state index in [1.54, 1.807) is 6.07 Å². The number of halogens is 3. The van der Waals surface area contributed by atoms with Crippen LogP contribution in [0.1, 0.15) is 41.7 Å². The maximum absolute atomic E-state index is 13.0. The molecule has 1 heterocycles. The third kappa shape index (κ3) is 1.37. The van der Waals surface area contributed by atoms with Gasteiger partial charge in [-0.05, 0) is 31.7 Å². The second-order valence-corrected chi connectivity index (χ2v) is 4.85. The molecule has 2 aliphatic carbocycles. The molecule has 1 fully saturated rings. The van der Waals surface area contributed by atoms with Crippen molar-refractivity contribution in [2.75, 3.05) is 0 Å². The predicted molar refractivity (Wildman–Crippen MR) is 55.0 cm³/mol. The van der Waals surface area contributed by atoms with Crippen molar-refractivity contribution in [2.24, 2.45) is 0 Å². The van der Waals surface area contributed by atoms with Crippen molar-refractivity contribution in [3.63, 3.8) is 0 Å². The van der Waals surface area contributed by atoms with E-state index >= 15 is 0 Å². The van der Waals surface area contributed by atoms with E-state index < -0.39 is 11.7 Å². The number of ketones is 1. The number of alkyl halides is 3. The number of carbonyl (C=O) groups excluding carboxylic acids is 1. The van der Waals surface area contributed by atoms with Crippen LogP contribution < -0.4 is 0 Å². The van der Waals surface area contributed by atoms with Gasteiger partial charge in [0.2, 0.25) is 0 Å². The molecule has 3 rings (SSSR count). The van der Waals surface area contributed by atoms with Gasteiger partial charge in [-0.1, -0.05) is 0 Å². The zero-order chi connectivity index (χ0) is 12.3. The van der Waals surface area contributed by atoms with Crippen molar-refractivity contribution in [3.8, 4) is 0 Å². The molecule has 1 saturated carbocycles. The highest BCUT2D eigenvalue weighted by Crippen LogP contribution is 2.56. The van der Waals surface area contributed by atoms with Gasteiger partial charge in [-0.25, -0.2) is 0 Å². The summed E-state index contributed by atoms with van der Waals surface area (Å²) < 4.78 is 40.4. The monoisotopic (exact) mass is 243 g/mol. The first kappa shape index (κ1) is 10.9. The van der Waals surface area contributed by atoms with Crippen molar-refractivity contribution < 1.29 is 18.0 Å². The lowest BCUT2D eigenvalue weighted by Crippen LogP contribution is -2.36. The number of nitrogens with zero attached hydrogens (tertiary/aromatic N) is 1. The molecule has 0 radical (unpaired) electrons. The second kappa shape index (κ2) is 3.15. The highest BCUT2D eigenvalue weighted by atomic mass is 19.4. The Kier molecular flexibility index (Phi) is 2.01. The van der Waals surface area contributed by atoms with Crippen LogP contribution in [0.3, 0.4) is 0 Å². The minimum Gasteiger partial charge on any atom is -0.336 e. The van der Waals surface area contributed by atoms with Gasteiger partial charge in [-0.15, -0.1) is 0 Å². The van der Waals surface area contributed by atoms with E-state index in [0.29, 0.717) is 30.5 Å². The number of fused-ring (bicyclic) bond motifs is 1. The fourth-order valence-corrected chi connectivity index (χ4v) is 2.71. The molecule has 0 spiro atoms. The normalized spacial score (nSPS) is 22.4. The first-order valence-electron chi connectivity index (χ1n) is 5.76. The molecule has 17 heavy (non-hydrogen) atoms. The number of hydrogen-bond donors (Lipinski definition) is 0. The van der Waals surface area contributed by atoms with Crippen LogP contribution in [-0.4, -0.2) is 16.5 Å². The van der Waals surface area contributed by atoms with Crippen LogP contribution in [0.2, 0.25) is 0 Å². The Balaban J connectivity index is 2.09. The van der Waals surface area contributed by atoms with E-state index in [1.165, 1.54) is 10.8 Å². The minimum atomic E-state index is -4.22. The molecule has 2 nitrogen and oxygen atoms in total. The summed E-state index contributed by atoms with van der Waals surface area (Å²) in [5.41, 5.74) is -0.652. The summed E-state index contributed by atoms with van der Waals surface area (Å²) in [6.07, 6.45) is -0.835. The summed E-state index contributed by atoms with van der Waals surface area (Å²) in [6, 6.07) is 1.54. The highest BCUT2D eigenvalue weighted by Gasteiger charge is 2.65. The first-order chi connectivity index (χ1) is 7.96. The maximum atomic E-state index is 13.0. The molecular formula is C12H12F3NO. The van der Waals surface area contributed by atoms with Crippen LogP contribution in [0.5, 0.6) is 0 Å². The Morgan fingerprint density at radius 1 is 1.24 bits per heavy atom. The van der Waals surface area contributed by atoms with Gasteiger partial charge < -0.3 is 4.57 Å². The molecule has 0 aliphatic heterocycles. The Bertz CT molecular complexity index is 482. The van der Waals surface area contributed by atoms with Crippen LogP contribution in [0.25, 0.3) is 0 Å². The summed E-state index contributed by atoms with van der Waals surface area (Å²) in [4.78, 5) is 11.6. The molecule has 1 aromatic heterocycles. The molecule has 0 bridgehead atoms. The molecule has 0 saturated heterocycles.